The molecule has 0 spiro atoms. The summed E-state index contributed by atoms with van der Waals surface area (Å²) in [7, 11) is 0. The molecule has 1 aliphatic rings. The zero-order chi connectivity index (χ0) is 30.8. The van der Waals surface area contributed by atoms with Crippen molar-refractivity contribution < 1.29 is 24.2 Å². The molecule has 1 aliphatic carbocycles. The van der Waals surface area contributed by atoms with Crippen molar-refractivity contribution in [2.24, 2.45) is 0 Å². The van der Waals surface area contributed by atoms with E-state index in [0.717, 1.165) is 12.8 Å². The predicted molar refractivity (Wildman–Crippen MR) is 186 cm³/mol. The van der Waals surface area contributed by atoms with Crippen molar-refractivity contribution in [1.82, 2.24) is 0 Å². The summed E-state index contributed by atoms with van der Waals surface area (Å²) < 4.78 is 1.42. The minimum atomic E-state index is 0.123. The van der Waals surface area contributed by atoms with E-state index in [2.05, 4.69) is 158 Å². The van der Waals surface area contributed by atoms with Gasteiger partial charge in [0.15, 0.2) is 0 Å². The van der Waals surface area contributed by atoms with E-state index in [0.29, 0.717) is 0 Å². The van der Waals surface area contributed by atoms with E-state index in [1.165, 1.54) is 88.8 Å². The molecule has 0 heterocycles. The Balaban J connectivity index is 0.000000220. The molecule has 0 N–H and O–H groups in total. The molecule has 5 aromatic carbocycles. The number of rotatable bonds is 5. The van der Waals surface area contributed by atoms with Gasteiger partial charge in [-0.2, -0.15) is 0 Å². The third kappa shape index (κ3) is 6.89. The molecule has 0 saturated heterocycles. The van der Waals surface area contributed by atoms with Gasteiger partial charge in [0.2, 0.25) is 0 Å². The molecule has 0 atom stereocenters. The maximum absolute atomic E-state index is 2.50. The Hall–Kier alpha value is -3.02. The van der Waals surface area contributed by atoms with Crippen LogP contribution in [0.3, 0.4) is 0 Å². The van der Waals surface area contributed by atoms with Crippen LogP contribution in [-0.4, -0.2) is 3.21 Å². The molecule has 6 rings (SSSR count). The molecule has 5 aromatic rings. The summed E-state index contributed by atoms with van der Waals surface area (Å²) in [6.07, 6.45) is 10.2. The Labute approximate surface area is 274 Å². The first-order chi connectivity index (χ1) is 20.5. The molecule has 0 aromatic heterocycles. The van der Waals surface area contributed by atoms with Crippen molar-refractivity contribution >= 4 is 30.3 Å². The summed E-state index contributed by atoms with van der Waals surface area (Å²) in [6.45, 7) is 16.3. The fourth-order valence-electron chi connectivity index (χ4n) is 6.34. The van der Waals surface area contributed by atoms with E-state index in [9.17, 15) is 0 Å². The van der Waals surface area contributed by atoms with Gasteiger partial charge in [0, 0.05) is 0 Å². The number of hydrogen-bond acceptors (Lipinski definition) is 0. The topological polar surface area (TPSA) is 0 Å². The quantitative estimate of drug-likeness (QED) is 0.168. The summed E-state index contributed by atoms with van der Waals surface area (Å²) in [4.78, 5) is 0. The first-order valence-electron chi connectivity index (χ1n) is 15.7. The second kappa shape index (κ2) is 12.9. The summed E-state index contributed by atoms with van der Waals surface area (Å²) >= 11 is 1.46. The van der Waals surface area contributed by atoms with Crippen LogP contribution in [0.2, 0.25) is 0 Å². The zero-order valence-corrected chi connectivity index (χ0v) is 29.5. The summed E-state index contributed by atoms with van der Waals surface area (Å²) in [5.41, 5.74) is 10.4. The Kier molecular flexibility index (Phi) is 9.44. The SMILES string of the molecule is CCCc1cc2c([cH-]c3cc(C(C)(C)C)ccc32)c(C2=CC=CC2)c1C(C)(C)C.[Zr]=[C](c1ccccc1)c1ccccc1. The van der Waals surface area contributed by atoms with Gasteiger partial charge in [0.05, 0.1) is 0 Å². The molecule has 0 saturated carbocycles. The van der Waals surface area contributed by atoms with Crippen LogP contribution in [0.25, 0.3) is 27.1 Å². The molecule has 218 valence electrons. The van der Waals surface area contributed by atoms with Gasteiger partial charge >= 0.3 is 99.2 Å². The van der Waals surface area contributed by atoms with E-state index in [1.807, 2.05) is 0 Å². The van der Waals surface area contributed by atoms with Crippen molar-refractivity contribution in [2.45, 2.75) is 78.6 Å². The van der Waals surface area contributed by atoms with Gasteiger partial charge in [-0.1, -0.05) is 119 Å². The fourth-order valence-corrected chi connectivity index (χ4v) is 7.16. The minimum absolute atomic E-state index is 0.123. The van der Waals surface area contributed by atoms with Crippen LogP contribution in [0.15, 0.2) is 109 Å². The van der Waals surface area contributed by atoms with Gasteiger partial charge in [0.25, 0.3) is 0 Å². The van der Waals surface area contributed by atoms with Crippen LogP contribution in [0.5, 0.6) is 0 Å². The van der Waals surface area contributed by atoms with Gasteiger partial charge in [-0.05, 0) is 23.7 Å². The third-order valence-electron chi connectivity index (χ3n) is 8.44. The number of allylic oxidation sites excluding steroid dienone is 4. The Bertz CT molecular complexity index is 1750. The van der Waals surface area contributed by atoms with Crippen LogP contribution >= 0.6 is 0 Å². The molecule has 0 aliphatic heterocycles. The predicted octanol–water partition coefficient (Wildman–Crippen LogP) is 11.4. The average molecular weight is 641 g/mol. The van der Waals surface area contributed by atoms with Gasteiger partial charge in [-0.3, -0.25) is 0 Å². The number of fused-ring (bicyclic) bond motifs is 3. The molecule has 0 unspecified atom stereocenters. The first-order valence-corrected chi connectivity index (χ1v) is 17.0. The normalized spacial score (nSPS) is 13.2. The van der Waals surface area contributed by atoms with Crippen molar-refractivity contribution in [3.63, 3.8) is 0 Å². The van der Waals surface area contributed by atoms with Gasteiger partial charge in [-0.15, -0.1) is 33.7 Å². The van der Waals surface area contributed by atoms with Crippen LogP contribution in [0.4, 0.5) is 0 Å². The van der Waals surface area contributed by atoms with E-state index in [4.69, 9.17) is 0 Å². The van der Waals surface area contributed by atoms with Crippen LogP contribution in [-0.2, 0) is 41.5 Å². The molecular formula is C42H45Zr-. The van der Waals surface area contributed by atoms with Crippen molar-refractivity contribution in [3.8, 4) is 0 Å². The molecular weight excluding hydrogens is 596 g/mol. The summed E-state index contributed by atoms with van der Waals surface area (Å²) in [5.74, 6) is 0. The maximum atomic E-state index is 2.50. The molecule has 1 heteroatoms. The van der Waals surface area contributed by atoms with Gasteiger partial charge in [-0.25, -0.2) is 0 Å². The van der Waals surface area contributed by atoms with E-state index < -0.39 is 0 Å². The fraction of sp³-hybridized carbons (Fsp3) is 0.286. The van der Waals surface area contributed by atoms with Crippen LogP contribution in [0.1, 0.15) is 94.7 Å². The monoisotopic (exact) mass is 639 g/mol. The van der Waals surface area contributed by atoms with Crippen LogP contribution < -0.4 is 0 Å². The molecule has 0 radical (unpaired) electrons. The number of benzene rings is 4. The Morgan fingerprint density at radius 3 is 1.91 bits per heavy atom. The first kappa shape index (κ1) is 31.4. The van der Waals surface area contributed by atoms with Gasteiger partial charge in [0.1, 0.15) is 0 Å². The molecule has 43 heavy (non-hydrogen) atoms. The number of aryl methyl sites for hydroxylation is 1. The molecule has 0 amide bonds. The second-order valence-corrected chi connectivity index (χ2v) is 15.1. The van der Waals surface area contributed by atoms with E-state index in [1.54, 1.807) is 5.56 Å². The zero-order valence-electron chi connectivity index (χ0n) is 27.0. The third-order valence-corrected chi connectivity index (χ3v) is 9.86. The van der Waals surface area contributed by atoms with Crippen molar-refractivity contribution in [3.05, 3.63) is 143 Å². The Morgan fingerprint density at radius 1 is 0.767 bits per heavy atom. The summed E-state index contributed by atoms with van der Waals surface area (Å²) in [5, 5.41) is 5.65. The van der Waals surface area contributed by atoms with Crippen molar-refractivity contribution in [2.75, 3.05) is 0 Å². The Morgan fingerprint density at radius 2 is 1.40 bits per heavy atom. The second-order valence-electron chi connectivity index (χ2n) is 13.9. The molecule has 0 fully saturated rings. The van der Waals surface area contributed by atoms with E-state index in [-0.39, 0.29) is 10.8 Å². The van der Waals surface area contributed by atoms with Gasteiger partial charge < -0.3 is 0 Å². The standard InChI is InChI=1S/C29H35.C13H10.Zr/c1-8-11-20-17-24-23-15-14-22(28(2,3)4)16-21(23)18-25(24)26(19-12-9-10-13-19)27(20)29(5,6)7;1-3-7-12(8-4-1)11-13-9-5-2-6-10-13;/h9-10,12,14-18H,8,11,13H2,1-7H3;1-10H;/q-1;;. The molecule has 0 nitrogen and oxygen atoms in total. The van der Waals surface area contributed by atoms with Crippen molar-refractivity contribution in [1.29, 1.82) is 0 Å². The van der Waals surface area contributed by atoms with E-state index >= 15 is 0 Å². The molecule has 0 bridgehead atoms. The average Bonchev–Trinajstić information content (AvgIpc) is 3.65. The number of hydrogen-bond donors (Lipinski definition) is 0. The summed E-state index contributed by atoms with van der Waals surface area (Å²) in [6, 6.07) is 33.2. The van der Waals surface area contributed by atoms with Crippen LogP contribution in [0, 0.1) is 0 Å².